The van der Waals surface area contributed by atoms with E-state index in [2.05, 4.69) is 5.32 Å². The maximum Gasteiger partial charge on any atom is 0.323 e. The summed E-state index contributed by atoms with van der Waals surface area (Å²) in [5.41, 5.74) is 0. The number of carbonyl (C=O) groups is 1. The summed E-state index contributed by atoms with van der Waals surface area (Å²) in [6.07, 6.45) is -1.90. The molecule has 0 saturated carbocycles. The van der Waals surface area contributed by atoms with E-state index in [0.29, 0.717) is 5.75 Å². The predicted molar refractivity (Wildman–Crippen MR) is 69.1 cm³/mol. The zero-order valence-electron chi connectivity index (χ0n) is 10.7. The van der Waals surface area contributed by atoms with Crippen molar-refractivity contribution in [1.82, 2.24) is 5.32 Å². The van der Waals surface area contributed by atoms with Gasteiger partial charge < -0.3 is 20.1 Å². The SMILES string of the molecule is C[C@H](O)[C@H](NC[C@@H](O)COc1ccccc1)C(=O)O. The van der Waals surface area contributed by atoms with Crippen molar-refractivity contribution in [2.45, 2.75) is 25.2 Å². The molecule has 106 valence electrons. The van der Waals surface area contributed by atoms with Gasteiger partial charge in [0.15, 0.2) is 0 Å². The number of carboxylic acids is 1. The van der Waals surface area contributed by atoms with Crippen molar-refractivity contribution in [1.29, 1.82) is 0 Å². The second-order valence-electron chi connectivity index (χ2n) is 4.24. The van der Waals surface area contributed by atoms with Crippen LogP contribution in [0.4, 0.5) is 0 Å². The number of nitrogens with one attached hydrogen (secondary N) is 1. The van der Waals surface area contributed by atoms with E-state index in [1.807, 2.05) is 18.2 Å². The highest BCUT2D eigenvalue weighted by Crippen LogP contribution is 2.08. The summed E-state index contributed by atoms with van der Waals surface area (Å²) in [6, 6.07) is 7.89. The van der Waals surface area contributed by atoms with Gasteiger partial charge in [0.1, 0.15) is 24.5 Å². The Hall–Kier alpha value is -1.63. The number of rotatable bonds is 8. The molecule has 0 saturated heterocycles. The summed E-state index contributed by atoms with van der Waals surface area (Å²) in [5, 5.41) is 30.3. The first kappa shape index (κ1) is 15.4. The number of aliphatic hydroxyl groups excluding tert-OH is 2. The third kappa shape index (κ3) is 5.69. The molecule has 3 atom stereocenters. The van der Waals surface area contributed by atoms with E-state index in [-0.39, 0.29) is 13.2 Å². The van der Waals surface area contributed by atoms with Crippen molar-refractivity contribution in [3.05, 3.63) is 30.3 Å². The van der Waals surface area contributed by atoms with Crippen molar-refractivity contribution in [2.24, 2.45) is 0 Å². The monoisotopic (exact) mass is 269 g/mol. The van der Waals surface area contributed by atoms with Gasteiger partial charge in [0.25, 0.3) is 0 Å². The summed E-state index contributed by atoms with van der Waals surface area (Å²) in [7, 11) is 0. The van der Waals surface area contributed by atoms with Gasteiger partial charge in [0.2, 0.25) is 0 Å². The zero-order valence-corrected chi connectivity index (χ0v) is 10.7. The maximum atomic E-state index is 10.8. The Kier molecular flexibility index (Phi) is 6.27. The van der Waals surface area contributed by atoms with Crippen LogP contribution in [-0.4, -0.2) is 52.7 Å². The summed E-state index contributed by atoms with van der Waals surface area (Å²) < 4.78 is 5.32. The Bertz CT molecular complexity index is 382. The lowest BCUT2D eigenvalue weighted by atomic mass is 10.2. The Morgan fingerprint density at radius 2 is 1.95 bits per heavy atom. The molecule has 0 spiro atoms. The van der Waals surface area contributed by atoms with Crippen LogP contribution in [0.1, 0.15) is 6.92 Å². The van der Waals surface area contributed by atoms with Crippen molar-refractivity contribution < 1.29 is 24.9 Å². The molecular formula is C13H19NO5. The van der Waals surface area contributed by atoms with Gasteiger partial charge in [-0.25, -0.2) is 0 Å². The van der Waals surface area contributed by atoms with E-state index in [4.69, 9.17) is 9.84 Å². The topological polar surface area (TPSA) is 99.0 Å². The summed E-state index contributed by atoms with van der Waals surface area (Å²) >= 11 is 0. The molecule has 0 radical (unpaired) electrons. The molecule has 1 rings (SSSR count). The third-order valence-corrected chi connectivity index (χ3v) is 2.51. The molecular weight excluding hydrogens is 250 g/mol. The summed E-state index contributed by atoms with van der Waals surface area (Å²) in [5.74, 6) is -0.530. The number of carboxylic acid groups (broad SMARTS) is 1. The molecule has 0 aromatic heterocycles. The van der Waals surface area contributed by atoms with E-state index in [1.165, 1.54) is 6.92 Å². The van der Waals surface area contributed by atoms with Gasteiger partial charge >= 0.3 is 5.97 Å². The zero-order chi connectivity index (χ0) is 14.3. The Morgan fingerprint density at radius 1 is 1.32 bits per heavy atom. The van der Waals surface area contributed by atoms with Crippen LogP contribution in [0.3, 0.4) is 0 Å². The summed E-state index contributed by atoms with van der Waals surface area (Å²) in [6.45, 7) is 1.44. The Morgan fingerprint density at radius 3 is 2.47 bits per heavy atom. The first-order valence-corrected chi connectivity index (χ1v) is 6.01. The van der Waals surface area contributed by atoms with Crippen molar-refractivity contribution in [2.75, 3.05) is 13.2 Å². The molecule has 19 heavy (non-hydrogen) atoms. The minimum absolute atomic E-state index is 0.0225. The Balaban J connectivity index is 2.31. The van der Waals surface area contributed by atoms with Gasteiger partial charge in [-0.2, -0.15) is 0 Å². The second-order valence-corrected chi connectivity index (χ2v) is 4.24. The van der Waals surface area contributed by atoms with Crippen molar-refractivity contribution >= 4 is 5.97 Å². The van der Waals surface area contributed by atoms with Gasteiger partial charge in [-0.3, -0.25) is 10.1 Å². The normalized spacial score (nSPS) is 15.5. The first-order chi connectivity index (χ1) is 9.00. The minimum atomic E-state index is -1.16. The van der Waals surface area contributed by atoms with Gasteiger partial charge in [-0.1, -0.05) is 18.2 Å². The Labute approximate surface area is 111 Å². The average molecular weight is 269 g/mol. The lowest BCUT2D eigenvalue weighted by molar-refractivity contribution is -0.142. The molecule has 1 aromatic carbocycles. The fourth-order valence-electron chi connectivity index (χ4n) is 1.50. The molecule has 0 aliphatic carbocycles. The molecule has 4 N–H and O–H groups in total. The van der Waals surface area contributed by atoms with Gasteiger partial charge in [0, 0.05) is 6.54 Å². The second kappa shape index (κ2) is 7.73. The van der Waals surface area contributed by atoms with Crippen LogP contribution in [0.25, 0.3) is 0 Å². The largest absolute Gasteiger partial charge is 0.491 e. The number of ether oxygens (including phenoxy) is 1. The fraction of sp³-hybridized carbons (Fsp3) is 0.462. The number of hydrogen-bond donors (Lipinski definition) is 4. The minimum Gasteiger partial charge on any atom is -0.491 e. The van der Waals surface area contributed by atoms with Crippen LogP contribution in [0.5, 0.6) is 5.75 Å². The highest BCUT2D eigenvalue weighted by atomic mass is 16.5. The predicted octanol–water partition coefficient (Wildman–Crippen LogP) is -0.150. The van der Waals surface area contributed by atoms with Crippen LogP contribution in [0.15, 0.2) is 30.3 Å². The number of hydrogen-bond acceptors (Lipinski definition) is 5. The van der Waals surface area contributed by atoms with Gasteiger partial charge in [-0.05, 0) is 19.1 Å². The highest BCUT2D eigenvalue weighted by molar-refractivity contribution is 5.74. The van der Waals surface area contributed by atoms with E-state index in [9.17, 15) is 15.0 Å². The third-order valence-electron chi connectivity index (χ3n) is 2.51. The lowest BCUT2D eigenvalue weighted by Crippen LogP contribution is -2.48. The van der Waals surface area contributed by atoms with Gasteiger partial charge in [0.05, 0.1) is 6.10 Å². The highest BCUT2D eigenvalue weighted by Gasteiger charge is 2.23. The van der Waals surface area contributed by atoms with E-state index < -0.39 is 24.2 Å². The van der Waals surface area contributed by atoms with Crippen molar-refractivity contribution in [3.63, 3.8) is 0 Å². The lowest BCUT2D eigenvalue weighted by Gasteiger charge is -2.19. The van der Waals surface area contributed by atoms with Crippen LogP contribution < -0.4 is 10.1 Å². The molecule has 0 fully saturated rings. The average Bonchev–Trinajstić information content (AvgIpc) is 2.37. The smallest absolute Gasteiger partial charge is 0.323 e. The standard InChI is InChI=1S/C13H19NO5/c1-9(15)12(13(17)18)14-7-10(16)8-19-11-5-3-2-4-6-11/h2-6,9-10,12,14-16H,7-8H2,1H3,(H,17,18)/t9-,10+,12-/m0/s1. The number of aliphatic hydroxyl groups is 2. The van der Waals surface area contributed by atoms with E-state index >= 15 is 0 Å². The van der Waals surface area contributed by atoms with Crippen LogP contribution in [0.2, 0.25) is 0 Å². The molecule has 0 unspecified atom stereocenters. The number of aliphatic carboxylic acids is 1. The molecule has 0 amide bonds. The van der Waals surface area contributed by atoms with E-state index in [1.54, 1.807) is 12.1 Å². The molecule has 6 nitrogen and oxygen atoms in total. The molecule has 0 aliphatic rings. The summed E-state index contributed by atoms with van der Waals surface area (Å²) in [4.78, 5) is 10.8. The van der Waals surface area contributed by atoms with Crippen LogP contribution >= 0.6 is 0 Å². The molecule has 0 aliphatic heterocycles. The number of benzene rings is 1. The van der Waals surface area contributed by atoms with Crippen LogP contribution in [-0.2, 0) is 4.79 Å². The molecule has 0 heterocycles. The quantitative estimate of drug-likeness (QED) is 0.524. The molecule has 0 bridgehead atoms. The fourth-order valence-corrected chi connectivity index (χ4v) is 1.50. The van der Waals surface area contributed by atoms with Crippen molar-refractivity contribution in [3.8, 4) is 5.75 Å². The van der Waals surface area contributed by atoms with Gasteiger partial charge in [-0.15, -0.1) is 0 Å². The van der Waals surface area contributed by atoms with Crippen LogP contribution in [0, 0.1) is 0 Å². The van der Waals surface area contributed by atoms with E-state index in [0.717, 1.165) is 0 Å². The number of para-hydroxylation sites is 1. The first-order valence-electron chi connectivity index (χ1n) is 6.01. The molecule has 6 heteroatoms. The molecule has 1 aromatic rings. The maximum absolute atomic E-state index is 10.8.